The van der Waals surface area contributed by atoms with Gasteiger partial charge in [0.25, 0.3) is 0 Å². The molecular weight excluding hydrogens is 326 g/mol. The fourth-order valence-corrected chi connectivity index (χ4v) is 3.78. The maximum absolute atomic E-state index is 12.3. The van der Waals surface area contributed by atoms with Crippen molar-refractivity contribution in [3.8, 4) is 0 Å². The Morgan fingerprint density at radius 2 is 1.92 bits per heavy atom. The summed E-state index contributed by atoms with van der Waals surface area (Å²) in [5.74, 6) is 0.643. The Bertz CT molecular complexity index is 759. The van der Waals surface area contributed by atoms with Gasteiger partial charge in [-0.2, -0.15) is 0 Å². The smallest absolute Gasteiger partial charge is 0.323 e. The molecule has 1 aliphatic carbocycles. The van der Waals surface area contributed by atoms with E-state index < -0.39 is 0 Å². The normalized spacial score (nSPS) is 16.2. The molecule has 26 heavy (non-hydrogen) atoms. The SMILES string of the molecule is CN(C)CC1CCc2c(ccc(NC(=O)Nc3ccccc3)c2CO)C1. The van der Waals surface area contributed by atoms with Gasteiger partial charge in [0.05, 0.1) is 6.61 Å². The number of nitrogens with zero attached hydrogens (tertiary/aromatic N) is 1. The zero-order valence-corrected chi connectivity index (χ0v) is 15.5. The van der Waals surface area contributed by atoms with Crippen molar-refractivity contribution in [1.29, 1.82) is 0 Å². The number of para-hydroxylation sites is 1. The third kappa shape index (κ3) is 4.42. The molecule has 5 nitrogen and oxygen atoms in total. The zero-order chi connectivity index (χ0) is 18.5. The highest BCUT2D eigenvalue weighted by atomic mass is 16.3. The molecule has 0 aromatic heterocycles. The first-order valence-electron chi connectivity index (χ1n) is 9.09. The van der Waals surface area contributed by atoms with Crippen LogP contribution in [0.25, 0.3) is 0 Å². The van der Waals surface area contributed by atoms with Crippen LogP contribution in [0.15, 0.2) is 42.5 Å². The number of fused-ring (bicyclic) bond motifs is 1. The van der Waals surface area contributed by atoms with Gasteiger partial charge in [-0.05, 0) is 68.6 Å². The minimum Gasteiger partial charge on any atom is -0.392 e. The van der Waals surface area contributed by atoms with Crippen LogP contribution < -0.4 is 10.6 Å². The average molecular weight is 353 g/mol. The van der Waals surface area contributed by atoms with Gasteiger partial charge in [0, 0.05) is 23.5 Å². The number of nitrogens with one attached hydrogen (secondary N) is 2. The molecule has 0 aliphatic heterocycles. The molecule has 2 aromatic carbocycles. The fraction of sp³-hybridized carbons (Fsp3) is 0.381. The summed E-state index contributed by atoms with van der Waals surface area (Å²) >= 11 is 0. The van der Waals surface area contributed by atoms with Crippen LogP contribution in [0.2, 0.25) is 0 Å². The fourth-order valence-electron chi connectivity index (χ4n) is 3.78. The number of aliphatic hydroxyl groups is 1. The van der Waals surface area contributed by atoms with Crippen molar-refractivity contribution < 1.29 is 9.90 Å². The lowest BCUT2D eigenvalue weighted by molar-refractivity contribution is 0.261. The largest absolute Gasteiger partial charge is 0.392 e. The van der Waals surface area contributed by atoms with E-state index in [1.807, 2.05) is 36.4 Å². The number of urea groups is 1. The van der Waals surface area contributed by atoms with Crippen LogP contribution >= 0.6 is 0 Å². The van der Waals surface area contributed by atoms with Gasteiger partial charge in [-0.3, -0.25) is 0 Å². The first-order valence-corrected chi connectivity index (χ1v) is 9.09. The second-order valence-corrected chi connectivity index (χ2v) is 7.20. The summed E-state index contributed by atoms with van der Waals surface area (Å²) in [6, 6.07) is 13.0. The number of hydrogen-bond acceptors (Lipinski definition) is 3. The van der Waals surface area contributed by atoms with Crippen LogP contribution in [-0.2, 0) is 19.4 Å². The molecule has 1 unspecified atom stereocenters. The van der Waals surface area contributed by atoms with Gasteiger partial charge < -0.3 is 20.6 Å². The highest BCUT2D eigenvalue weighted by Gasteiger charge is 2.23. The Morgan fingerprint density at radius 3 is 2.62 bits per heavy atom. The molecule has 1 aliphatic rings. The summed E-state index contributed by atoms with van der Waals surface area (Å²) in [4.78, 5) is 14.5. The van der Waals surface area contributed by atoms with Crippen molar-refractivity contribution in [1.82, 2.24) is 4.90 Å². The lowest BCUT2D eigenvalue weighted by atomic mass is 9.81. The second kappa shape index (κ2) is 8.34. The Kier molecular flexibility index (Phi) is 5.91. The maximum Gasteiger partial charge on any atom is 0.323 e. The molecule has 0 saturated heterocycles. The zero-order valence-electron chi connectivity index (χ0n) is 15.5. The van der Waals surface area contributed by atoms with E-state index in [0.717, 1.165) is 37.1 Å². The number of rotatable bonds is 5. The van der Waals surface area contributed by atoms with E-state index in [0.29, 0.717) is 11.6 Å². The molecule has 3 rings (SSSR count). The lowest BCUT2D eigenvalue weighted by Gasteiger charge is -2.29. The van der Waals surface area contributed by atoms with Gasteiger partial charge in [-0.25, -0.2) is 4.79 Å². The molecule has 0 radical (unpaired) electrons. The summed E-state index contributed by atoms with van der Waals surface area (Å²) in [7, 11) is 4.21. The number of carbonyl (C=O) groups is 1. The molecule has 1 atom stereocenters. The summed E-state index contributed by atoms with van der Waals surface area (Å²) in [6.07, 6.45) is 3.08. The van der Waals surface area contributed by atoms with Gasteiger partial charge in [0.2, 0.25) is 0 Å². The van der Waals surface area contributed by atoms with Gasteiger partial charge in [-0.1, -0.05) is 24.3 Å². The maximum atomic E-state index is 12.3. The van der Waals surface area contributed by atoms with E-state index in [2.05, 4.69) is 35.7 Å². The van der Waals surface area contributed by atoms with Crippen LogP contribution in [0.1, 0.15) is 23.1 Å². The molecule has 2 amide bonds. The molecule has 2 aromatic rings. The molecule has 0 fully saturated rings. The van der Waals surface area contributed by atoms with E-state index in [1.54, 1.807) is 0 Å². The summed E-state index contributed by atoms with van der Waals surface area (Å²) in [5.41, 5.74) is 4.75. The third-order valence-electron chi connectivity index (χ3n) is 4.90. The van der Waals surface area contributed by atoms with Crippen molar-refractivity contribution in [2.45, 2.75) is 25.9 Å². The molecule has 0 bridgehead atoms. The molecule has 0 spiro atoms. The highest BCUT2D eigenvalue weighted by Crippen LogP contribution is 2.32. The number of amides is 2. The van der Waals surface area contributed by atoms with Crippen LogP contribution in [0.5, 0.6) is 0 Å². The topological polar surface area (TPSA) is 64.6 Å². The molecule has 3 N–H and O–H groups in total. The quantitative estimate of drug-likeness (QED) is 0.771. The van der Waals surface area contributed by atoms with E-state index >= 15 is 0 Å². The first-order chi connectivity index (χ1) is 12.6. The second-order valence-electron chi connectivity index (χ2n) is 7.20. The monoisotopic (exact) mass is 353 g/mol. The van der Waals surface area contributed by atoms with E-state index in [1.165, 1.54) is 11.1 Å². The molecule has 0 heterocycles. The number of carbonyl (C=O) groups excluding carboxylic acids is 1. The number of hydrogen-bond donors (Lipinski definition) is 3. The van der Waals surface area contributed by atoms with E-state index in [9.17, 15) is 9.90 Å². The van der Waals surface area contributed by atoms with Crippen molar-refractivity contribution in [2.75, 3.05) is 31.3 Å². The number of benzene rings is 2. The van der Waals surface area contributed by atoms with Crippen molar-refractivity contribution >= 4 is 17.4 Å². The van der Waals surface area contributed by atoms with Crippen LogP contribution in [-0.4, -0.2) is 36.7 Å². The van der Waals surface area contributed by atoms with Gasteiger partial charge in [0.15, 0.2) is 0 Å². The van der Waals surface area contributed by atoms with E-state index in [4.69, 9.17) is 0 Å². The molecule has 5 heteroatoms. The lowest BCUT2D eigenvalue weighted by Crippen LogP contribution is -2.27. The molecular formula is C21H27N3O2. The molecule has 138 valence electrons. The predicted molar refractivity (Wildman–Crippen MR) is 106 cm³/mol. The van der Waals surface area contributed by atoms with Crippen molar-refractivity contribution in [2.24, 2.45) is 5.92 Å². The number of aliphatic hydroxyl groups excluding tert-OH is 1. The summed E-state index contributed by atoms with van der Waals surface area (Å²) in [5, 5.41) is 15.6. The van der Waals surface area contributed by atoms with Crippen LogP contribution in [0, 0.1) is 5.92 Å². The van der Waals surface area contributed by atoms with Gasteiger partial charge in [0.1, 0.15) is 0 Å². The minimum absolute atomic E-state index is 0.0670. The third-order valence-corrected chi connectivity index (χ3v) is 4.90. The van der Waals surface area contributed by atoms with Crippen molar-refractivity contribution in [3.05, 3.63) is 59.2 Å². The minimum atomic E-state index is -0.299. The summed E-state index contributed by atoms with van der Waals surface area (Å²) in [6.45, 7) is 1.01. The Balaban J connectivity index is 1.74. The highest BCUT2D eigenvalue weighted by molar-refractivity contribution is 6.00. The predicted octanol–water partition coefficient (Wildman–Crippen LogP) is 3.49. The van der Waals surface area contributed by atoms with Crippen LogP contribution in [0.4, 0.5) is 16.2 Å². The number of anilines is 2. The van der Waals surface area contributed by atoms with Gasteiger partial charge in [-0.15, -0.1) is 0 Å². The van der Waals surface area contributed by atoms with Crippen molar-refractivity contribution in [3.63, 3.8) is 0 Å². The Labute approximate surface area is 155 Å². The summed E-state index contributed by atoms with van der Waals surface area (Å²) < 4.78 is 0. The standard InChI is InChI=1S/C21H27N3O2/c1-24(2)13-15-8-10-18-16(12-15)9-11-20(19(18)14-25)23-21(26)22-17-6-4-3-5-7-17/h3-7,9,11,15,25H,8,10,12-14H2,1-2H3,(H2,22,23,26). The Morgan fingerprint density at radius 1 is 1.15 bits per heavy atom. The van der Waals surface area contributed by atoms with E-state index in [-0.39, 0.29) is 12.6 Å². The Hall–Kier alpha value is -2.37. The molecule has 0 saturated carbocycles. The van der Waals surface area contributed by atoms with Crippen LogP contribution in [0.3, 0.4) is 0 Å². The van der Waals surface area contributed by atoms with Gasteiger partial charge >= 0.3 is 6.03 Å². The first kappa shape index (κ1) is 18.4. The average Bonchev–Trinajstić information content (AvgIpc) is 2.62.